The molecule has 2 rings (SSSR count). The lowest BCUT2D eigenvalue weighted by Crippen LogP contribution is -2.44. The molecular formula is C15H18N2O2S. The zero-order valence-corrected chi connectivity index (χ0v) is 12.4. The Hall–Kier alpha value is -1.88. The van der Waals surface area contributed by atoms with Gasteiger partial charge in [0.15, 0.2) is 0 Å². The Kier molecular flexibility index (Phi) is 4.39. The Morgan fingerprint density at radius 2 is 2.25 bits per heavy atom. The van der Waals surface area contributed by atoms with E-state index in [4.69, 9.17) is 5.73 Å². The maximum atomic E-state index is 12.1. The van der Waals surface area contributed by atoms with Crippen molar-refractivity contribution in [3.8, 4) is 0 Å². The van der Waals surface area contributed by atoms with Crippen molar-refractivity contribution in [2.75, 3.05) is 0 Å². The van der Waals surface area contributed by atoms with Crippen LogP contribution < -0.4 is 5.73 Å². The van der Waals surface area contributed by atoms with Crippen molar-refractivity contribution in [3.63, 3.8) is 0 Å². The first-order valence-corrected chi connectivity index (χ1v) is 7.40. The number of nitrogens with two attached hydrogens (primary N) is 1. The molecule has 1 aliphatic rings. The topological polar surface area (TPSA) is 63.4 Å². The van der Waals surface area contributed by atoms with Gasteiger partial charge in [0.2, 0.25) is 11.8 Å². The lowest BCUT2D eigenvalue weighted by Gasteiger charge is -2.25. The first kappa shape index (κ1) is 14.5. The Bertz CT molecular complexity index is 586. The molecule has 2 heterocycles. The number of rotatable bonds is 4. The smallest absolute Gasteiger partial charge is 0.240 e. The summed E-state index contributed by atoms with van der Waals surface area (Å²) in [5.41, 5.74) is 6.34. The number of aryl methyl sites for hydroxylation is 1. The molecule has 20 heavy (non-hydrogen) atoms. The molecule has 0 spiro atoms. The van der Waals surface area contributed by atoms with Crippen LogP contribution in [0, 0.1) is 6.92 Å². The minimum atomic E-state index is -0.585. The van der Waals surface area contributed by atoms with Crippen molar-refractivity contribution in [2.45, 2.75) is 32.7 Å². The molecule has 0 saturated heterocycles. The van der Waals surface area contributed by atoms with Crippen molar-refractivity contribution < 1.29 is 9.59 Å². The molecular weight excluding hydrogens is 272 g/mol. The number of allylic oxidation sites excluding steroid dienone is 2. The van der Waals surface area contributed by atoms with Crippen molar-refractivity contribution >= 4 is 28.7 Å². The van der Waals surface area contributed by atoms with E-state index in [1.165, 1.54) is 9.78 Å². The molecule has 1 aromatic rings. The summed E-state index contributed by atoms with van der Waals surface area (Å²) in [6.07, 6.45) is 6.30. The summed E-state index contributed by atoms with van der Waals surface area (Å²) < 4.78 is 0. The molecule has 0 aromatic carbocycles. The third kappa shape index (κ3) is 2.99. The van der Waals surface area contributed by atoms with Gasteiger partial charge >= 0.3 is 0 Å². The average molecular weight is 290 g/mol. The molecule has 2 N–H and O–H groups in total. The zero-order valence-electron chi connectivity index (χ0n) is 11.6. The van der Waals surface area contributed by atoms with E-state index in [2.05, 4.69) is 0 Å². The highest BCUT2D eigenvalue weighted by molar-refractivity contribution is 7.13. The molecule has 5 heteroatoms. The van der Waals surface area contributed by atoms with Crippen molar-refractivity contribution in [3.05, 3.63) is 40.2 Å². The molecule has 4 nitrogen and oxygen atoms in total. The van der Waals surface area contributed by atoms with Gasteiger partial charge in [-0.25, -0.2) is 0 Å². The zero-order chi connectivity index (χ0) is 14.7. The second-order valence-electron chi connectivity index (χ2n) is 4.73. The van der Waals surface area contributed by atoms with Crippen molar-refractivity contribution in [2.24, 2.45) is 5.73 Å². The number of carbonyl (C=O) groups excluding carboxylic acids is 2. The number of hydrogen-bond donors (Lipinski definition) is 1. The molecule has 2 amide bonds. The van der Waals surface area contributed by atoms with E-state index in [1.807, 2.05) is 38.1 Å². The molecule has 1 aliphatic heterocycles. The van der Waals surface area contributed by atoms with Gasteiger partial charge < -0.3 is 10.6 Å². The highest BCUT2D eigenvalue weighted by Crippen LogP contribution is 2.27. The van der Waals surface area contributed by atoms with Crippen molar-refractivity contribution in [1.29, 1.82) is 0 Å². The SMILES string of the molecule is CCC(C(N)=O)N1C=C(c2ccc(C)s2)C=CCC1=O. The number of carbonyl (C=O) groups is 2. The van der Waals surface area contributed by atoms with Crippen LogP contribution in [0.5, 0.6) is 0 Å². The highest BCUT2D eigenvalue weighted by Gasteiger charge is 2.26. The Morgan fingerprint density at radius 3 is 2.80 bits per heavy atom. The maximum absolute atomic E-state index is 12.1. The fraction of sp³-hybridized carbons (Fsp3) is 0.333. The standard InChI is InChI=1S/C15H18N2O2S/c1-3-12(15(16)19)17-9-11(5-4-6-14(17)18)13-8-7-10(2)20-13/h4-5,7-9,12H,3,6H2,1-2H3,(H2,16,19). The predicted octanol–water partition coefficient (Wildman–Crippen LogP) is 2.45. The largest absolute Gasteiger partial charge is 0.368 e. The fourth-order valence-electron chi connectivity index (χ4n) is 2.19. The lowest BCUT2D eigenvalue weighted by molar-refractivity contribution is -0.135. The molecule has 0 bridgehead atoms. The minimum absolute atomic E-state index is 0.102. The normalized spacial score (nSPS) is 16.8. The summed E-state index contributed by atoms with van der Waals surface area (Å²) >= 11 is 1.66. The first-order valence-electron chi connectivity index (χ1n) is 6.58. The molecule has 0 saturated carbocycles. The summed E-state index contributed by atoms with van der Waals surface area (Å²) in [5, 5.41) is 0. The average Bonchev–Trinajstić information content (AvgIpc) is 2.73. The minimum Gasteiger partial charge on any atom is -0.368 e. The van der Waals surface area contributed by atoms with E-state index in [-0.39, 0.29) is 12.3 Å². The number of hydrogen-bond acceptors (Lipinski definition) is 3. The Balaban J connectivity index is 2.40. The summed E-state index contributed by atoms with van der Waals surface area (Å²) in [7, 11) is 0. The molecule has 1 unspecified atom stereocenters. The Morgan fingerprint density at radius 1 is 1.50 bits per heavy atom. The summed E-state index contributed by atoms with van der Waals surface area (Å²) in [5.74, 6) is -0.573. The molecule has 1 atom stereocenters. The Labute approximate surface area is 122 Å². The maximum Gasteiger partial charge on any atom is 0.240 e. The van der Waals surface area contributed by atoms with Crippen LogP contribution >= 0.6 is 11.3 Å². The van der Waals surface area contributed by atoms with Crippen LogP contribution in [0.2, 0.25) is 0 Å². The van der Waals surface area contributed by atoms with Crippen LogP contribution in [0.15, 0.2) is 30.5 Å². The van der Waals surface area contributed by atoms with Gasteiger partial charge in [0.05, 0.1) is 0 Å². The second kappa shape index (κ2) is 6.05. The van der Waals surface area contributed by atoms with Gasteiger partial charge in [0, 0.05) is 27.9 Å². The number of amides is 2. The third-order valence-electron chi connectivity index (χ3n) is 3.23. The second-order valence-corrected chi connectivity index (χ2v) is 6.02. The van der Waals surface area contributed by atoms with E-state index in [9.17, 15) is 9.59 Å². The van der Waals surface area contributed by atoms with Crippen molar-refractivity contribution in [1.82, 2.24) is 4.90 Å². The third-order valence-corrected chi connectivity index (χ3v) is 4.28. The van der Waals surface area contributed by atoms with E-state index in [0.717, 1.165) is 10.5 Å². The molecule has 0 fully saturated rings. The van der Waals surface area contributed by atoms with Gasteiger partial charge in [-0.1, -0.05) is 19.1 Å². The predicted molar refractivity (Wildman–Crippen MR) is 80.9 cm³/mol. The van der Waals surface area contributed by atoms with Gasteiger partial charge in [-0.15, -0.1) is 11.3 Å². The highest BCUT2D eigenvalue weighted by atomic mass is 32.1. The van der Waals surface area contributed by atoms with E-state index >= 15 is 0 Å². The van der Waals surface area contributed by atoms with E-state index in [1.54, 1.807) is 17.5 Å². The van der Waals surface area contributed by atoms with Gasteiger partial charge in [-0.3, -0.25) is 9.59 Å². The summed E-state index contributed by atoms with van der Waals surface area (Å²) in [6.45, 7) is 3.89. The van der Waals surface area contributed by atoms with Crippen LogP contribution in [-0.4, -0.2) is 22.8 Å². The van der Waals surface area contributed by atoms with Gasteiger partial charge in [0.1, 0.15) is 6.04 Å². The van der Waals surface area contributed by atoms with Crippen LogP contribution in [0.1, 0.15) is 29.5 Å². The molecule has 1 aromatic heterocycles. The van der Waals surface area contributed by atoms with E-state index in [0.29, 0.717) is 6.42 Å². The quantitative estimate of drug-likeness (QED) is 0.925. The lowest BCUT2D eigenvalue weighted by atomic mass is 10.1. The number of thiophene rings is 1. The number of nitrogens with zero attached hydrogens (tertiary/aromatic N) is 1. The first-order chi connectivity index (χ1) is 9.52. The monoisotopic (exact) mass is 290 g/mol. The summed E-state index contributed by atoms with van der Waals surface area (Å²) in [4.78, 5) is 27.4. The fourth-order valence-corrected chi connectivity index (χ4v) is 3.05. The van der Waals surface area contributed by atoms with E-state index < -0.39 is 11.9 Å². The van der Waals surface area contributed by atoms with Gasteiger partial charge in [-0.2, -0.15) is 0 Å². The van der Waals surface area contributed by atoms with Crippen LogP contribution in [0.25, 0.3) is 5.57 Å². The van der Waals surface area contributed by atoms with Crippen LogP contribution in [-0.2, 0) is 9.59 Å². The molecule has 0 radical (unpaired) electrons. The van der Waals surface area contributed by atoms with Crippen LogP contribution in [0.4, 0.5) is 0 Å². The summed E-state index contributed by atoms with van der Waals surface area (Å²) in [6, 6.07) is 3.48. The molecule has 0 aliphatic carbocycles. The van der Waals surface area contributed by atoms with Crippen LogP contribution in [0.3, 0.4) is 0 Å². The van der Waals surface area contributed by atoms with Gasteiger partial charge in [0.25, 0.3) is 0 Å². The molecule has 106 valence electrons. The number of primary amides is 1. The van der Waals surface area contributed by atoms with Gasteiger partial charge in [-0.05, 0) is 25.5 Å².